The Labute approximate surface area is 114 Å². The molecule has 96 valence electrons. The summed E-state index contributed by atoms with van der Waals surface area (Å²) < 4.78 is 0. The van der Waals surface area contributed by atoms with E-state index in [1.807, 2.05) is 0 Å². The summed E-state index contributed by atoms with van der Waals surface area (Å²) in [7, 11) is 0. The third kappa shape index (κ3) is 1.81. The van der Waals surface area contributed by atoms with Gasteiger partial charge in [-0.25, -0.2) is 0 Å². The van der Waals surface area contributed by atoms with Gasteiger partial charge >= 0.3 is 0 Å². The zero-order valence-corrected chi connectivity index (χ0v) is 11.6. The maximum atomic E-state index is 6.13. The van der Waals surface area contributed by atoms with Crippen molar-refractivity contribution in [2.45, 2.75) is 42.2 Å². The molecule has 3 atom stereocenters. The lowest BCUT2D eigenvalue weighted by Gasteiger charge is -2.31. The van der Waals surface area contributed by atoms with Crippen LogP contribution in [0, 0.1) is 17.3 Å². The second-order valence-corrected chi connectivity index (χ2v) is 7.97. The summed E-state index contributed by atoms with van der Waals surface area (Å²) in [4.78, 5) is 1.51. The summed E-state index contributed by atoms with van der Waals surface area (Å²) in [5, 5.41) is 0.781. The molecule has 0 amide bonds. The normalized spacial score (nSPS) is 40.6. The fourth-order valence-electron chi connectivity index (χ4n) is 4.27. The minimum absolute atomic E-state index is 0.493. The Morgan fingerprint density at radius 2 is 2.00 bits per heavy atom. The van der Waals surface area contributed by atoms with Crippen LogP contribution in [-0.2, 0) is 6.42 Å². The van der Waals surface area contributed by atoms with Gasteiger partial charge in [0.1, 0.15) is 0 Å². The fourth-order valence-corrected chi connectivity index (χ4v) is 5.79. The molecule has 0 bridgehead atoms. The van der Waals surface area contributed by atoms with Gasteiger partial charge in [-0.15, -0.1) is 11.8 Å². The van der Waals surface area contributed by atoms with E-state index >= 15 is 0 Å². The van der Waals surface area contributed by atoms with Gasteiger partial charge < -0.3 is 5.73 Å². The highest BCUT2D eigenvalue weighted by Crippen LogP contribution is 2.62. The van der Waals surface area contributed by atoms with Gasteiger partial charge in [-0.1, -0.05) is 18.2 Å². The molecule has 0 aromatic heterocycles. The molecule has 2 heteroatoms. The maximum Gasteiger partial charge on any atom is 0.0141 e. The lowest BCUT2D eigenvalue weighted by Crippen LogP contribution is -2.32. The van der Waals surface area contributed by atoms with Crippen LogP contribution in [-0.4, -0.2) is 11.8 Å². The molecule has 1 aromatic rings. The Hall–Kier alpha value is -0.470. The summed E-state index contributed by atoms with van der Waals surface area (Å²) in [6.07, 6.45) is 6.94. The highest BCUT2D eigenvalue weighted by molar-refractivity contribution is 8.00. The molecular weight excluding hydrogens is 238 g/mol. The molecule has 3 unspecified atom stereocenters. The first-order chi connectivity index (χ1) is 8.78. The Kier molecular flexibility index (Phi) is 2.53. The smallest absolute Gasteiger partial charge is 0.0141 e. The van der Waals surface area contributed by atoms with Crippen molar-refractivity contribution in [3.8, 4) is 0 Å². The summed E-state index contributed by atoms with van der Waals surface area (Å²) >= 11 is 2.10. The van der Waals surface area contributed by atoms with Crippen LogP contribution in [0.4, 0.5) is 0 Å². The summed E-state index contributed by atoms with van der Waals surface area (Å²) in [6, 6.07) is 8.91. The van der Waals surface area contributed by atoms with Crippen LogP contribution in [0.2, 0.25) is 0 Å². The molecular formula is C16H21NS. The molecule has 2 N–H and O–H groups in total. The molecule has 0 radical (unpaired) electrons. The summed E-state index contributed by atoms with van der Waals surface area (Å²) in [5.41, 5.74) is 8.18. The zero-order chi connectivity index (χ0) is 12.2. The standard InChI is InChI=1S/C16H21NS/c17-10-16(7-12-5-13(12)8-16)9-14-6-11-3-1-2-4-15(11)18-14/h1-4,12-14H,5-10,17H2. The van der Waals surface area contributed by atoms with Crippen molar-refractivity contribution in [3.05, 3.63) is 29.8 Å². The van der Waals surface area contributed by atoms with Crippen molar-refractivity contribution in [2.75, 3.05) is 6.54 Å². The number of hydrogen-bond donors (Lipinski definition) is 1. The van der Waals surface area contributed by atoms with E-state index in [1.54, 1.807) is 5.56 Å². The van der Waals surface area contributed by atoms with Crippen LogP contribution in [0.15, 0.2) is 29.2 Å². The van der Waals surface area contributed by atoms with Gasteiger partial charge in [0.05, 0.1) is 0 Å². The van der Waals surface area contributed by atoms with Gasteiger partial charge in [-0.2, -0.15) is 0 Å². The molecule has 4 rings (SSSR count). The van der Waals surface area contributed by atoms with Crippen molar-refractivity contribution in [1.82, 2.24) is 0 Å². The lowest BCUT2D eigenvalue weighted by molar-refractivity contribution is 0.250. The average Bonchev–Trinajstić information content (AvgIpc) is 2.85. The minimum Gasteiger partial charge on any atom is -0.330 e. The topological polar surface area (TPSA) is 26.0 Å². The predicted molar refractivity (Wildman–Crippen MR) is 76.7 cm³/mol. The third-order valence-electron chi connectivity index (χ3n) is 5.27. The molecule has 2 saturated carbocycles. The molecule has 1 nitrogen and oxygen atoms in total. The molecule has 3 aliphatic rings. The molecule has 2 fully saturated rings. The van der Waals surface area contributed by atoms with E-state index in [2.05, 4.69) is 36.0 Å². The van der Waals surface area contributed by atoms with E-state index in [0.717, 1.165) is 23.6 Å². The number of benzene rings is 1. The zero-order valence-electron chi connectivity index (χ0n) is 10.8. The van der Waals surface area contributed by atoms with Crippen molar-refractivity contribution in [2.24, 2.45) is 23.0 Å². The Balaban J connectivity index is 1.47. The molecule has 0 saturated heterocycles. The van der Waals surface area contributed by atoms with Crippen LogP contribution in [0.1, 0.15) is 31.2 Å². The quantitative estimate of drug-likeness (QED) is 0.899. The fraction of sp³-hybridized carbons (Fsp3) is 0.625. The number of thioether (sulfide) groups is 1. The molecule has 1 heterocycles. The van der Waals surface area contributed by atoms with Crippen molar-refractivity contribution >= 4 is 11.8 Å². The number of hydrogen-bond acceptors (Lipinski definition) is 2. The van der Waals surface area contributed by atoms with Crippen LogP contribution in [0.5, 0.6) is 0 Å². The molecule has 2 aliphatic carbocycles. The van der Waals surface area contributed by atoms with Crippen LogP contribution >= 0.6 is 11.8 Å². The first kappa shape index (κ1) is 11.4. The maximum absolute atomic E-state index is 6.13. The van der Waals surface area contributed by atoms with Crippen LogP contribution in [0.3, 0.4) is 0 Å². The van der Waals surface area contributed by atoms with Crippen LogP contribution in [0.25, 0.3) is 0 Å². The lowest BCUT2D eigenvalue weighted by atomic mass is 9.78. The SMILES string of the molecule is NCC1(CC2Cc3ccccc3S2)CC2CC2C1. The van der Waals surface area contributed by atoms with E-state index in [9.17, 15) is 0 Å². The Morgan fingerprint density at radius 1 is 1.22 bits per heavy atom. The number of rotatable bonds is 3. The van der Waals surface area contributed by atoms with E-state index < -0.39 is 0 Å². The van der Waals surface area contributed by atoms with Crippen molar-refractivity contribution in [3.63, 3.8) is 0 Å². The van der Waals surface area contributed by atoms with E-state index in [4.69, 9.17) is 5.73 Å². The van der Waals surface area contributed by atoms with Gasteiger partial charge in [-0.05, 0) is 67.5 Å². The van der Waals surface area contributed by atoms with Gasteiger partial charge in [0.2, 0.25) is 0 Å². The molecule has 18 heavy (non-hydrogen) atoms. The van der Waals surface area contributed by atoms with Gasteiger partial charge in [0.25, 0.3) is 0 Å². The van der Waals surface area contributed by atoms with Gasteiger partial charge in [0, 0.05) is 10.1 Å². The van der Waals surface area contributed by atoms with Gasteiger partial charge in [0.15, 0.2) is 0 Å². The monoisotopic (exact) mass is 259 g/mol. The predicted octanol–water partition coefficient (Wildman–Crippen LogP) is 3.47. The van der Waals surface area contributed by atoms with E-state index in [1.165, 1.54) is 37.0 Å². The summed E-state index contributed by atoms with van der Waals surface area (Å²) in [5.74, 6) is 2.09. The first-order valence-corrected chi connectivity index (χ1v) is 8.11. The average molecular weight is 259 g/mol. The van der Waals surface area contributed by atoms with E-state index in [0.29, 0.717) is 5.41 Å². The molecule has 0 spiro atoms. The van der Waals surface area contributed by atoms with Crippen molar-refractivity contribution in [1.29, 1.82) is 0 Å². The highest BCUT2D eigenvalue weighted by atomic mass is 32.2. The Morgan fingerprint density at radius 3 is 2.72 bits per heavy atom. The third-order valence-corrected chi connectivity index (χ3v) is 6.59. The van der Waals surface area contributed by atoms with Crippen molar-refractivity contribution < 1.29 is 0 Å². The summed E-state index contributed by atoms with van der Waals surface area (Å²) in [6.45, 7) is 0.910. The van der Waals surface area contributed by atoms with E-state index in [-0.39, 0.29) is 0 Å². The Bertz CT molecular complexity index is 435. The van der Waals surface area contributed by atoms with Gasteiger partial charge in [-0.3, -0.25) is 0 Å². The first-order valence-electron chi connectivity index (χ1n) is 7.23. The minimum atomic E-state index is 0.493. The van der Waals surface area contributed by atoms with Crippen LogP contribution < -0.4 is 5.73 Å². The molecule has 1 aliphatic heterocycles. The highest BCUT2D eigenvalue weighted by Gasteiger charge is 2.53. The molecule has 1 aromatic carbocycles. The second-order valence-electron chi connectivity index (χ2n) is 6.62. The number of fused-ring (bicyclic) bond motifs is 2. The second kappa shape index (κ2) is 4.01. The largest absolute Gasteiger partial charge is 0.330 e. The number of nitrogens with two attached hydrogens (primary N) is 1.